The van der Waals surface area contributed by atoms with Crippen LogP contribution in [0.25, 0.3) is 0 Å². The number of oxazole rings is 1. The van der Waals surface area contributed by atoms with Crippen molar-refractivity contribution in [1.29, 1.82) is 0 Å². The number of carbonyl (C=O) groups is 1. The largest absolute Gasteiger partial charge is 0.438 e. The summed E-state index contributed by atoms with van der Waals surface area (Å²) in [5, 5.41) is 11.6. The summed E-state index contributed by atoms with van der Waals surface area (Å²) in [6.07, 6.45) is 3.00. The number of amides is 1. The van der Waals surface area contributed by atoms with E-state index < -0.39 is 0 Å². The summed E-state index contributed by atoms with van der Waals surface area (Å²) in [6, 6.07) is 0. The number of aromatic nitrogens is 1. The van der Waals surface area contributed by atoms with Crippen molar-refractivity contribution in [3.8, 4) is 0 Å². The van der Waals surface area contributed by atoms with Crippen molar-refractivity contribution in [3.05, 3.63) is 17.8 Å². The fourth-order valence-electron chi connectivity index (χ4n) is 1.34. The molecule has 16 heavy (non-hydrogen) atoms. The van der Waals surface area contributed by atoms with E-state index in [4.69, 9.17) is 9.52 Å². The molecule has 5 heteroatoms. The van der Waals surface area contributed by atoms with E-state index >= 15 is 0 Å². The van der Waals surface area contributed by atoms with Crippen molar-refractivity contribution >= 4 is 5.91 Å². The second-order valence-corrected chi connectivity index (χ2v) is 3.95. The molecular weight excluding hydrogens is 208 g/mol. The monoisotopic (exact) mass is 226 g/mol. The lowest BCUT2D eigenvalue weighted by atomic mass is 10.1. The Kier molecular flexibility index (Phi) is 4.98. The summed E-state index contributed by atoms with van der Waals surface area (Å²) in [5.41, 5.74) is 0.598. The quantitative estimate of drug-likeness (QED) is 0.713. The number of aliphatic hydroxyl groups is 1. The standard InChI is InChI=1S/C11H18N2O3/c1-8(6-14)4-3-5-12-11(15)10-9(2)13-7-16-10/h7-8,14H,3-6H2,1-2H3,(H,12,15). The van der Waals surface area contributed by atoms with Gasteiger partial charge in [0.2, 0.25) is 5.76 Å². The fourth-order valence-corrected chi connectivity index (χ4v) is 1.34. The van der Waals surface area contributed by atoms with E-state index in [1.165, 1.54) is 6.39 Å². The zero-order valence-corrected chi connectivity index (χ0v) is 9.69. The molecule has 0 aliphatic heterocycles. The van der Waals surface area contributed by atoms with Crippen molar-refractivity contribution in [2.75, 3.05) is 13.2 Å². The molecule has 0 saturated carbocycles. The summed E-state index contributed by atoms with van der Waals surface area (Å²) < 4.78 is 4.96. The molecule has 1 aromatic rings. The van der Waals surface area contributed by atoms with E-state index in [2.05, 4.69) is 10.3 Å². The van der Waals surface area contributed by atoms with Crippen LogP contribution in [0.3, 0.4) is 0 Å². The Morgan fingerprint density at radius 1 is 1.69 bits per heavy atom. The van der Waals surface area contributed by atoms with Crippen LogP contribution < -0.4 is 5.32 Å². The molecule has 1 heterocycles. The van der Waals surface area contributed by atoms with E-state index in [1.54, 1.807) is 6.92 Å². The maximum Gasteiger partial charge on any atom is 0.288 e. The first-order valence-corrected chi connectivity index (χ1v) is 5.44. The van der Waals surface area contributed by atoms with Crippen LogP contribution in [0.15, 0.2) is 10.8 Å². The number of rotatable bonds is 6. The van der Waals surface area contributed by atoms with Gasteiger partial charge in [-0.15, -0.1) is 0 Å². The van der Waals surface area contributed by atoms with Crippen LogP contribution in [-0.2, 0) is 0 Å². The highest BCUT2D eigenvalue weighted by atomic mass is 16.3. The average molecular weight is 226 g/mol. The molecule has 2 N–H and O–H groups in total. The number of nitrogens with one attached hydrogen (secondary N) is 1. The minimum Gasteiger partial charge on any atom is -0.438 e. The van der Waals surface area contributed by atoms with Gasteiger partial charge in [0.25, 0.3) is 5.91 Å². The van der Waals surface area contributed by atoms with Gasteiger partial charge in [-0.3, -0.25) is 4.79 Å². The highest BCUT2D eigenvalue weighted by Gasteiger charge is 2.12. The first kappa shape index (κ1) is 12.7. The fraction of sp³-hybridized carbons (Fsp3) is 0.636. The normalized spacial score (nSPS) is 12.4. The molecule has 90 valence electrons. The Morgan fingerprint density at radius 3 is 3.00 bits per heavy atom. The van der Waals surface area contributed by atoms with Crippen molar-refractivity contribution < 1.29 is 14.3 Å². The Labute approximate surface area is 94.9 Å². The van der Waals surface area contributed by atoms with Crippen LogP contribution in [0.4, 0.5) is 0 Å². The van der Waals surface area contributed by atoms with Gasteiger partial charge < -0.3 is 14.8 Å². The molecule has 1 amide bonds. The minimum atomic E-state index is -0.230. The number of nitrogens with zero attached hydrogens (tertiary/aromatic N) is 1. The summed E-state index contributed by atoms with van der Waals surface area (Å²) in [5.74, 6) is 0.325. The lowest BCUT2D eigenvalue weighted by Crippen LogP contribution is -2.25. The topological polar surface area (TPSA) is 75.4 Å². The maximum absolute atomic E-state index is 11.5. The van der Waals surface area contributed by atoms with E-state index in [0.717, 1.165) is 12.8 Å². The van der Waals surface area contributed by atoms with Gasteiger partial charge in [-0.25, -0.2) is 4.98 Å². The van der Waals surface area contributed by atoms with Crippen LogP contribution in [0.5, 0.6) is 0 Å². The first-order valence-electron chi connectivity index (χ1n) is 5.44. The lowest BCUT2D eigenvalue weighted by Gasteiger charge is -2.07. The lowest BCUT2D eigenvalue weighted by molar-refractivity contribution is 0.0923. The summed E-state index contributed by atoms with van der Waals surface area (Å²) in [6.45, 7) is 4.48. The maximum atomic E-state index is 11.5. The molecule has 0 radical (unpaired) electrons. The molecule has 1 atom stereocenters. The molecule has 0 saturated heterocycles. The number of aliphatic hydroxyl groups excluding tert-OH is 1. The van der Waals surface area contributed by atoms with Crippen LogP contribution >= 0.6 is 0 Å². The van der Waals surface area contributed by atoms with Gasteiger partial charge in [0.15, 0.2) is 6.39 Å². The van der Waals surface area contributed by atoms with Crippen molar-refractivity contribution in [2.24, 2.45) is 5.92 Å². The molecule has 0 aliphatic carbocycles. The van der Waals surface area contributed by atoms with Crippen LogP contribution in [0.2, 0.25) is 0 Å². The molecule has 5 nitrogen and oxygen atoms in total. The van der Waals surface area contributed by atoms with E-state index in [1.807, 2.05) is 6.92 Å². The highest BCUT2D eigenvalue weighted by Crippen LogP contribution is 2.05. The molecule has 0 aliphatic rings. The van der Waals surface area contributed by atoms with Gasteiger partial charge in [-0.05, 0) is 25.7 Å². The smallest absolute Gasteiger partial charge is 0.288 e. The van der Waals surface area contributed by atoms with Gasteiger partial charge in [0, 0.05) is 13.2 Å². The van der Waals surface area contributed by atoms with Crippen molar-refractivity contribution in [3.63, 3.8) is 0 Å². The van der Waals surface area contributed by atoms with Gasteiger partial charge in [0.1, 0.15) is 0 Å². The molecule has 0 fully saturated rings. The van der Waals surface area contributed by atoms with Crippen molar-refractivity contribution in [1.82, 2.24) is 10.3 Å². The number of hydrogen-bond acceptors (Lipinski definition) is 4. The molecule has 1 rings (SSSR count). The van der Waals surface area contributed by atoms with E-state index in [-0.39, 0.29) is 24.2 Å². The molecular formula is C11H18N2O3. The van der Waals surface area contributed by atoms with Crippen LogP contribution in [-0.4, -0.2) is 29.1 Å². The van der Waals surface area contributed by atoms with Gasteiger partial charge >= 0.3 is 0 Å². The van der Waals surface area contributed by atoms with Crippen LogP contribution in [0, 0.1) is 12.8 Å². The number of aryl methyl sites for hydroxylation is 1. The van der Waals surface area contributed by atoms with Crippen LogP contribution in [0.1, 0.15) is 36.0 Å². The summed E-state index contributed by atoms with van der Waals surface area (Å²) in [7, 11) is 0. The molecule has 0 spiro atoms. The minimum absolute atomic E-state index is 0.190. The number of hydrogen-bond donors (Lipinski definition) is 2. The zero-order valence-electron chi connectivity index (χ0n) is 9.69. The Bertz CT molecular complexity index is 336. The Hall–Kier alpha value is -1.36. The predicted molar refractivity (Wildman–Crippen MR) is 59.1 cm³/mol. The zero-order chi connectivity index (χ0) is 12.0. The van der Waals surface area contributed by atoms with Gasteiger partial charge in [0.05, 0.1) is 5.69 Å². The molecule has 0 aromatic carbocycles. The third-order valence-electron chi connectivity index (χ3n) is 2.42. The average Bonchev–Trinajstić information content (AvgIpc) is 2.70. The van der Waals surface area contributed by atoms with Gasteiger partial charge in [-0.1, -0.05) is 6.92 Å². The molecule has 1 aromatic heterocycles. The third kappa shape index (κ3) is 3.66. The van der Waals surface area contributed by atoms with Crippen molar-refractivity contribution in [2.45, 2.75) is 26.7 Å². The van der Waals surface area contributed by atoms with E-state index in [9.17, 15) is 4.79 Å². The summed E-state index contributed by atoms with van der Waals surface area (Å²) in [4.78, 5) is 15.4. The highest BCUT2D eigenvalue weighted by molar-refractivity contribution is 5.92. The molecule has 0 bridgehead atoms. The van der Waals surface area contributed by atoms with E-state index in [0.29, 0.717) is 12.2 Å². The molecule has 1 unspecified atom stereocenters. The predicted octanol–water partition coefficient (Wildman–Crippen LogP) is 1.12. The second-order valence-electron chi connectivity index (χ2n) is 3.95. The SMILES string of the molecule is Cc1ncoc1C(=O)NCCCC(C)CO. The first-order chi connectivity index (χ1) is 7.65. The third-order valence-corrected chi connectivity index (χ3v) is 2.42. The van der Waals surface area contributed by atoms with Gasteiger partial charge in [-0.2, -0.15) is 0 Å². The number of carbonyl (C=O) groups excluding carboxylic acids is 1. The Morgan fingerprint density at radius 2 is 2.44 bits per heavy atom. The second kappa shape index (κ2) is 6.27. The summed E-state index contributed by atoms with van der Waals surface area (Å²) >= 11 is 0. The Balaban J connectivity index is 2.24.